The molecule has 3 rings (SSSR count). The zero-order chi connectivity index (χ0) is 11.1. The lowest BCUT2D eigenvalue weighted by Crippen LogP contribution is -2.13. The lowest BCUT2D eigenvalue weighted by atomic mass is 9.91. The Morgan fingerprint density at radius 2 is 1.88 bits per heavy atom. The molecule has 0 saturated heterocycles. The maximum atomic E-state index is 3.53. The summed E-state index contributed by atoms with van der Waals surface area (Å²) in [4.78, 5) is 0. The summed E-state index contributed by atoms with van der Waals surface area (Å²) < 4.78 is 1.12. The first-order valence-electron chi connectivity index (χ1n) is 5.41. The average molecular weight is 274 g/mol. The Kier molecular flexibility index (Phi) is 2.25. The van der Waals surface area contributed by atoms with Gasteiger partial charge in [0.05, 0.1) is 0 Å². The van der Waals surface area contributed by atoms with Crippen molar-refractivity contribution in [1.82, 2.24) is 0 Å². The molecule has 0 aliphatic carbocycles. The Morgan fingerprint density at radius 3 is 2.75 bits per heavy atom. The molecule has 0 spiro atoms. The number of benzene rings is 2. The van der Waals surface area contributed by atoms with Crippen LogP contribution in [0.25, 0.3) is 11.1 Å². The zero-order valence-corrected chi connectivity index (χ0v) is 10.6. The molecule has 1 nitrogen and oxygen atoms in total. The molecule has 1 unspecified atom stereocenters. The molecule has 1 N–H and O–H groups in total. The molecule has 1 aliphatic heterocycles. The number of rotatable bonds is 0. The molecule has 80 valence electrons. The van der Waals surface area contributed by atoms with E-state index >= 15 is 0 Å². The molecule has 0 amide bonds. The second-order valence-corrected chi connectivity index (χ2v) is 5.06. The van der Waals surface area contributed by atoms with Crippen LogP contribution < -0.4 is 5.32 Å². The number of fused-ring (bicyclic) bond motifs is 3. The minimum atomic E-state index is 0.380. The SMILES string of the molecule is CC1Nc2ccc(Br)cc2-c2ccccc21. The standard InChI is InChI=1S/C14H12BrN/c1-9-11-4-2-3-5-12(11)13-8-10(15)6-7-14(13)16-9/h2-9,16H,1H3. The summed E-state index contributed by atoms with van der Waals surface area (Å²) in [6, 6.07) is 15.3. The van der Waals surface area contributed by atoms with E-state index in [1.54, 1.807) is 0 Å². The van der Waals surface area contributed by atoms with Crippen molar-refractivity contribution in [1.29, 1.82) is 0 Å². The van der Waals surface area contributed by atoms with Gasteiger partial charge in [0, 0.05) is 21.8 Å². The Labute approximate surface area is 104 Å². The Bertz CT molecular complexity index is 548. The summed E-state index contributed by atoms with van der Waals surface area (Å²) in [6.07, 6.45) is 0. The quantitative estimate of drug-likeness (QED) is 0.740. The number of halogens is 1. The van der Waals surface area contributed by atoms with Crippen molar-refractivity contribution >= 4 is 21.6 Å². The van der Waals surface area contributed by atoms with Crippen LogP contribution in [0.15, 0.2) is 46.9 Å². The van der Waals surface area contributed by atoms with Crippen LogP contribution in [0, 0.1) is 0 Å². The molecule has 0 aromatic heterocycles. The molecule has 2 aromatic carbocycles. The van der Waals surface area contributed by atoms with Gasteiger partial charge in [0.15, 0.2) is 0 Å². The third kappa shape index (κ3) is 1.45. The minimum Gasteiger partial charge on any atom is -0.378 e. The second kappa shape index (κ2) is 3.63. The van der Waals surface area contributed by atoms with E-state index in [9.17, 15) is 0 Å². The van der Waals surface area contributed by atoms with E-state index in [1.165, 1.54) is 22.4 Å². The lowest BCUT2D eigenvalue weighted by molar-refractivity contribution is 0.876. The van der Waals surface area contributed by atoms with E-state index in [1.807, 2.05) is 0 Å². The Hall–Kier alpha value is -1.28. The number of nitrogens with one attached hydrogen (secondary N) is 1. The highest BCUT2D eigenvalue weighted by atomic mass is 79.9. The highest BCUT2D eigenvalue weighted by Crippen LogP contribution is 2.41. The van der Waals surface area contributed by atoms with Crippen molar-refractivity contribution in [3.05, 3.63) is 52.5 Å². The van der Waals surface area contributed by atoms with Gasteiger partial charge in [-0.1, -0.05) is 40.2 Å². The fraction of sp³-hybridized carbons (Fsp3) is 0.143. The predicted molar refractivity (Wildman–Crippen MR) is 71.6 cm³/mol. The molecule has 1 atom stereocenters. The van der Waals surface area contributed by atoms with Gasteiger partial charge < -0.3 is 5.32 Å². The summed E-state index contributed by atoms with van der Waals surface area (Å²) in [6.45, 7) is 2.20. The van der Waals surface area contributed by atoms with Gasteiger partial charge in [-0.3, -0.25) is 0 Å². The summed E-state index contributed by atoms with van der Waals surface area (Å²) in [5.74, 6) is 0. The van der Waals surface area contributed by atoms with Gasteiger partial charge >= 0.3 is 0 Å². The summed E-state index contributed by atoms with van der Waals surface area (Å²) in [7, 11) is 0. The molecule has 2 aromatic rings. The van der Waals surface area contributed by atoms with Crippen LogP contribution in [0.5, 0.6) is 0 Å². The van der Waals surface area contributed by atoms with Gasteiger partial charge in [0.2, 0.25) is 0 Å². The topological polar surface area (TPSA) is 12.0 Å². The summed E-state index contributed by atoms with van der Waals surface area (Å²) in [5.41, 5.74) is 5.20. The van der Waals surface area contributed by atoms with E-state index in [4.69, 9.17) is 0 Å². The average Bonchev–Trinajstić information content (AvgIpc) is 2.31. The molecule has 16 heavy (non-hydrogen) atoms. The van der Waals surface area contributed by atoms with E-state index in [0.29, 0.717) is 6.04 Å². The Balaban J connectivity index is 2.29. The van der Waals surface area contributed by atoms with Crippen molar-refractivity contribution < 1.29 is 0 Å². The van der Waals surface area contributed by atoms with Crippen molar-refractivity contribution in [3.63, 3.8) is 0 Å². The number of hydrogen-bond donors (Lipinski definition) is 1. The van der Waals surface area contributed by atoms with Crippen molar-refractivity contribution in [2.75, 3.05) is 5.32 Å². The van der Waals surface area contributed by atoms with Crippen LogP contribution in [0.4, 0.5) is 5.69 Å². The van der Waals surface area contributed by atoms with Gasteiger partial charge in [-0.15, -0.1) is 0 Å². The van der Waals surface area contributed by atoms with Crippen LogP contribution in [-0.2, 0) is 0 Å². The molecule has 2 heteroatoms. The van der Waals surface area contributed by atoms with Gasteiger partial charge in [0.25, 0.3) is 0 Å². The third-order valence-corrected chi connectivity index (χ3v) is 3.56. The highest BCUT2D eigenvalue weighted by molar-refractivity contribution is 9.10. The normalized spacial score (nSPS) is 17.2. The summed E-state index contributed by atoms with van der Waals surface area (Å²) in [5, 5.41) is 3.52. The van der Waals surface area contributed by atoms with E-state index in [2.05, 4.69) is 70.6 Å². The fourth-order valence-electron chi connectivity index (χ4n) is 2.30. The van der Waals surface area contributed by atoms with Crippen LogP contribution in [0.1, 0.15) is 18.5 Å². The Morgan fingerprint density at radius 1 is 1.06 bits per heavy atom. The monoisotopic (exact) mass is 273 g/mol. The van der Waals surface area contributed by atoms with Gasteiger partial charge in [0.1, 0.15) is 0 Å². The predicted octanol–water partition coefficient (Wildman–Crippen LogP) is 4.60. The van der Waals surface area contributed by atoms with Crippen molar-refractivity contribution in [2.24, 2.45) is 0 Å². The van der Waals surface area contributed by atoms with Gasteiger partial charge in [-0.05, 0) is 36.2 Å². The molecule has 0 bridgehead atoms. The van der Waals surface area contributed by atoms with E-state index in [0.717, 1.165) is 4.47 Å². The van der Waals surface area contributed by atoms with Crippen LogP contribution in [-0.4, -0.2) is 0 Å². The molecule has 1 heterocycles. The molecular weight excluding hydrogens is 262 g/mol. The van der Waals surface area contributed by atoms with Crippen molar-refractivity contribution in [3.8, 4) is 11.1 Å². The first-order chi connectivity index (χ1) is 7.75. The molecular formula is C14H12BrN. The van der Waals surface area contributed by atoms with Crippen LogP contribution in [0.3, 0.4) is 0 Å². The molecule has 0 fully saturated rings. The van der Waals surface area contributed by atoms with Gasteiger partial charge in [-0.2, -0.15) is 0 Å². The fourth-order valence-corrected chi connectivity index (χ4v) is 2.66. The smallest absolute Gasteiger partial charge is 0.0492 e. The maximum Gasteiger partial charge on any atom is 0.0492 e. The van der Waals surface area contributed by atoms with Crippen LogP contribution in [0.2, 0.25) is 0 Å². The first-order valence-corrected chi connectivity index (χ1v) is 6.20. The molecule has 0 radical (unpaired) electrons. The van der Waals surface area contributed by atoms with Crippen molar-refractivity contribution in [2.45, 2.75) is 13.0 Å². The largest absolute Gasteiger partial charge is 0.378 e. The number of hydrogen-bond acceptors (Lipinski definition) is 1. The highest BCUT2D eigenvalue weighted by Gasteiger charge is 2.20. The first kappa shape index (κ1) is 9.91. The minimum absolute atomic E-state index is 0.380. The molecule has 0 saturated carbocycles. The third-order valence-electron chi connectivity index (χ3n) is 3.07. The summed E-state index contributed by atoms with van der Waals surface area (Å²) >= 11 is 3.53. The second-order valence-electron chi connectivity index (χ2n) is 4.14. The lowest BCUT2D eigenvalue weighted by Gasteiger charge is -2.27. The number of anilines is 1. The van der Waals surface area contributed by atoms with E-state index < -0.39 is 0 Å². The maximum absolute atomic E-state index is 3.53. The van der Waals surface area contributed by atoms with Gasteiger partial charge in [-0.25, -0.2) is 0 Å². The zero-order valence-electron chi connectivity index (χ0n) is 9.00. The molecule has 1 aliphatic rings. The van der Waals surface area contributed by atoms with Crippen LogP contribution >= 0.6 is 15.9 Å². The van der Waals surface area contributed by atoms with E-state index in [-0.39, 0.29) is 0 Å².